The van der Waals surface area contributed by atoms with Gasteiger partial charge in [-0.05, 0) is 30.4 Å². The number of methoxy groups -OCH3 is 1. The van der Waals surface area contributed by atoms with Crippen molar-refractivity contribution in [1.82, 2.24) is 9.97 Å². The number of fused-ring (bicyclic) bond motifs is 6. The Morgan fingerprint density at radius 1 is 1.24 bits per heavy atom. The minimum absolute atomic E-state index is 0.168. The van der Waals surface area contributed by atoms with Gasteiger partial charge in [-0.2, -0.15) is 0 Å². The number of ether oxygens (including phenoxy) is 1. The maximum Gasteiger partial charge on any atom is 0.318 e. The molecule has 1 saturated carbocycles. The average Bonchev–Trinajstić information content (AvgIpc) is 2.86. The molecular weight excluding hydrogens is 264 g/mol. The van der Waals surface area contributed by atoms with Crippen LogP contribution >= 0.6 is 0 Å². The van der Waals surface area contributed by atoms with E-state index in [-0.39, 0.29) is 17.3 Å². The Morgan fingerprint density at radius 2 is 1.90 bits per heavy atom. The second-order valence-corrected chi connectivity index (χ2v) is 6.66. The fraction of sp³-hybridized carbons (Fsp3) is 0.471. The van der Waals surface area contributed by atoms with Gasteiger partial charge in [-0.1, -0.05) is 26.0 Å². The smallest absolute Gasteiger partial charge is 0.318 e. The first-order valence-electron chi connectivity index (χ1n) is 7.38. The summed E-state index contributed by atoms with van der Waals surface area (Å²) in [7, 11) is 1.47. The average molecular weight is 282 g/mol. The van der Waals surface area contributed by atoms with Crippen molar-refractivity contribution < 1.29 is 9.53 Å². The molecule has 0 aliphatic heterocycles. The predicted molar refractivity (Wildman–Crippen MR) is 79.0 cm³/mol. The van der Waals surface area contributed by atoms with Crippen molar-refractivity contribution in [3.8, 4) is 0 Å². The van der Waals surface area contributed by atoms with Gasteiger partial charge in [0.05, 0.1) is 29.5 Å². The van der Waals surface area contributed by atoms with E-state index in [2.05, 4.69) is 13.8 Å². The van der Waals surface area contributed by atoms with Crippen LogP contribution in [0.15, 0.2) is 24.3 Å². The van der Waals surface area contributed by atoms with Crippen LogP contribution in [0, 0.1) is 5.41 Å². The maximum atomic E-state index is 12.6. The second kappa shape index (κ2) is 3.81. The predicted octanol–water partition coefficient (Wildman–Crippen LogP) is 2.96. The lowest BCUT2D eigenvalue weighted by Crippen LogP contribution is -2.44. The van der Waals surface area contributed by atoms with Gasteiger partial charge in [0.15, 0.2) is 0 Å². The quantitative estimate of drug-likeness (QED) is 0.755. The molecule has 2 aliphatic carbocycles. The third kappa shape index (κ3) is 1.29. The van der Waals surface area contributed by atoms with Crippen molar-refractivity contribution in [2.45, 2.75) is 38.0 Å². The summed E-state index contributed by atoms with van der Waals surface area (Å²) in [5.41, 5.74) is 2.76. The molecule has 2 bridgehead atoms. The van der Waals surface area contributed by atoms with Crippen LogP contribution < -0.4 is 0 Å². The highest BCUT2D eigenvalue weighted by Crippen LogP contribution is 2.67. The fourth-order valence-corrected chi connectivity index (χ4v) is 4.45. The van der Waals surface area contributed by atoms with Crippen LogP contribution in [0.25, 0.3) is 11.0 Å². The van der Waals surface area contributed by atoms with Gasteiger partial charge in [0, 0.05) is 5.92 Å². The lowest BCUT2D eigenvalue weighted by molar-refractivity contribution is -0.151. The van der Waals surface area contributed by atoms with Crippen LogP contribution in [-0.2, 0) is 14.9 Å². The summed E-state index contributed by atoms with van der Waals surface area (Å²) in [5.74, 6) is 0.113. The third-order valence-corrected chi connectivity index (χ3v) is 5.64. The van der Waals surface area contributed by atoms with E-state index in [1.54, 1.807) is 0 Å². The molecule has 2 aliphatic rings. The number of carbonyl (C=O) groups excluding carboxylic acids is 1. The van der Waals surface area contributed by atoms with Crippen molar-refractivity contribution >= 4 is 17.0 Å². The highest BCUT2D eigenvalue weighted by Gasteiger charge is 2.68. The first-order chi connectivity index (χ1) is 10.0. The van der Waals surface area contributed by atoms with E-state index in [4.69, 9.17) is 14.7 Å². The van der Waals surface area contributed by atoms with E-state index in [0.29, 0.717) is 0 Å². The van der Waals surface area contributed by atoms with Gasteiger partial charge in [-0.3, -0.25) is 4.79 Å². The Labute approximate surface area is 123 Å². The largest absolute Gasteiger partial charge is 0.468 e. The molecule has 0 radical (unpaired) electrons. The Balaban J connectivity index is 2.06. The molecule has 2 aromatic rings. The van der Waals surface area contributed by atoms with Crippen LogP contribution in [0.4, 0.5) is 0 Å². The molecule has 4 rings (SSSR count). The number of hydrogen-bond acceptors (Lipinski definition) is 4. The molecular formula is C17H18N2O2. The molecule has 4 heteroatoms. The van der Waals surface area contributed by atoms with Crippen LogP contribution in [0.2, 0.25) is 0 Å². The zero-order valence-corrected chi connectivity index (χ0v) is 12.5. The Morgan fingerprint density at radius 3 is 2.57 bits per heavy atom. The van der Waals surface area contributed by atoms with E-state index < -0.39 is 5.41 Å². The first kappa shape index (κ1) is 12.7. The molecule has 2 atom stereocenters. The summed E-state index contributed by atoms with van der Waals surface area (Å²) < 4.78 is 5.15. The van der Waals surface area contributed by atoms with E-state index in [9.17, 15) is 4.79 Å². The number of carbonyl (C=O) groups is 1. The lowest BCUT2D eigenvalue weighted by Gasteiger charge is -2.34. The lowest BCUT2D eigenvalue weighted by atomic mass is 9.68. The molecule has 0 saturated heterocycles. The molecule has 1 aromatic heterocycles. The summed E-state index contributed by atoms with van der Waals surface area (Å²) in [6, 6.07) is 7.85. The number of hydrogen-bond donors (Lipinski definition) is 0. The molecule has 1 heterocycles. The molecule has 108 valence electrons. The summed E-state index contributed by atoms with van der Waals surface area (Å²) >= 11 is 0. The highest BCUT2D eigenvalue weighted by molar-refractivity contribution is 5.88. The van der Waals surface area contributed by atoms with Gasteiger partial charge in [0.2, 0.25) is 0 Å². The number of rotatable bonds is 1. The van der Waals surface area contributed by atoms with Crippen molar-refractivity contribution in [2.24, 2.45) is 5.41 Å². The monoisotopic (exact) mass is 282 g/mol. The first-order valence-corrected chi connectivity index (χ1v) is 7.38. The summed E-state index contributed by atoms with van der Waals surface area (Å²) in [5, 5.41) is 0. The van der Waals surface area contributed by atoms with E-state index in [1.807, 2.05) is 24.3 Å². The van der Waals surface area contributed by atoms with Crippen molar-refractivity contribution in [3.63, 3.8) is 0 Å². The summed E-state index contributed by atoms with van der Waals surface area (Å²) in [6.45, 7) is 4.30. The summed E-state index contributed by atoms with van der Waals surface area (Å²) in [6.07, 6.45) is 1.78. The van der Waals surface area contributed by atoms with Crippen LogP contribution in [-0.4, -0.2) is 23.0 Å². The Hall–Kier alpha value is -1.97. The van der Waals surface area contributed by atoms with Crippen molar-refractivity contribution in [3.05, 3.63) is 35.7 Å². The van der Waals surface area contributed by atoms with Crippen LogP contribution in [0.1, 0.15) is 44.0 Å². The van der Waals surface area contributed by atoms with Gasteiger partial charge >= 0.3 is 5.97 Å². The van der Waals surface area contributed by atoms with Gasteiger partial charge in [-0.25, -0.2) is 9.97 Å². The topological polar surface area (TPSA) is 52.1 Å². The number of benzene rings is 1. The Bertz CT molecular complexity index is 768. The van der Waals surface area contributed by atoms with E-state index >= 15 is 0 Å². The Kier molecular flexibility index (Phi) is 2.31. The number of nitrogens with zero attached hydrogens (tertiary/aromatic N) is 2. The van der Waals surface area contributed by atoms with Crippen LogP contribution in [0.5, 0.6) is 0 Å². The van der Waals surface area contributed by atoms with Gasteiger partial charge in [0.1, 0.15) is 5.41 Å². The SMILES string of the molecule is COC(=O)C12CCC(c3nc4ccccc4nc31)C2(C)C. The van der Waals surface area contributed by atoms with Crippen molar-refractivity contribution in [1.29, 1.82) is 0 Å². The molecule has 4 nitrogen and oxygen atoms in total. The zero-order chi connectivity index (χ0) is 14.8. The molecule has 0 amide bonds. The van der Waals surface area contributed by atoms with Gasteiger partial charge in [0.25, 0.3) is 0 Å². The maximum absolute atomic E-state index is 12.6. The number of esters is 1. The van der Waals surface area contributed by atoms with Crippen LogP contribution in [0.3, 0.4) is 0 Å². The minimum atomic E-state index is -0.640. The second-order valence-electron chi connectivity index (χ2n) is 6.66. The number of aromatic nitrogens is 2. The fourth-order valence-electron chi connectivity index (χ4n) is 4.45. The highest BCUT2D eigenvalue weighted by atomic mass is 16.5. The molecule has 0 N–H and O–H groups in total. The van der Waals surface area contributed by atoms with Gasteiger partial charge in [-0.15, -0.1) is 0 Å². The van der Waals surface area contributed by atoms with E-state index in [0.717, 1.165) is 35.3 Å². The molecule has 0 spiro atoms. The van der Waals surface area contributed by atoms with Crippen molar-refractivity contribution in [2.75, 3.05) is 7.11 Å². The molecule has 21 heavy (non-hydrogen) atoms. The molecule has 1 fully saturated rings. The van der Waals surface area contributed by atoms with Gasteiger partial charge < -0.3 is 4.74 Å². The molecule has 2 unspecified atom stereocenters. The molecule has 1 aromatic carbocycles. The van der Waals surface area contributed by atoms with E-state index in [1.165, 1.54) is 7.11 Å². The standard InChI is InChI=1S/C17H18N2O2/c1-16(2)10-8-9-17(16,15(20)21-3)14-13(10)18-11-6-4-5-7-12(11)19-14/h4-7,10H,8-9H2,1-3H3. The third-order valence-electron chi connectivity index (χ3n) is 5.64. The number of para-hydroxylation sites is 2. The summed E-state index contributed by atoms with van der Waals surface area (Å²) in [4.78, 5) is 22.3. The minimum Gasteiger partial charge on any atom is -0.468 e. The normalized spacial score (nSPS) is 28.6. The zero-order valence-electron chi connectivity index (χ0n) is 12.5.